The summed E-state index contributed by atoms with van der Waals surface area (Å²) in [6.07, 6.45) is 1.28. The molecule has 0 spiro atoms. The molecule has 0 radical (unpaired) electrons. The van der Waals surface area contributed by atoms with Crippen LogP contribution in [0.5, 0.6) is 11.6 Å². The van der Waals surface area contributed by atoms with Crippen molar-refractivity contribution in [1.29, 1.82) is 0 Å². The van der Waals surface area contributed by atoms with Gasteiger partial charge in [0.2, 0.25) is 5.88 Å². The maximum Gasteiger partial charge on any atom is 0.325 e. The molecule has 0 aliphatic carbocycles. The lowest BCUT2D eigenvalue weighted by atomic mass is 9.89. The van der Waals surface area contributed by atoms with Crippen molar-refractivity contribution in [2.75, 3.05) is 39.3 Å². The van der Waals surface area contributed by atoms with Gasteiger partial charge in [-0.15, -0.1) is 10.2 Å². The number of ether oxygens (including phenoxy) is 2. The third-order valence-electron chi connectivity index (χ3n) is 4.98. The summed E-state index contributed by atoms with van der Waals surface area (Å²) in [6, 6.07) is 10.3. The van der Waals surface area contributed by atoms with E-state index >= 15 is 0 Å². The molecule has 1 fully saturated rings. The molecule has 2 heterocycles. The largest absolute Gasteiger partial charge is 0.497 e. The summed E-state index contributed by atoms with van der Waals surface area (Å²) in [5.41, 5.74) is 0.677. The van der Waals surface area contributed by atoms with Crippen molar-refractivity contribution in [2.45, 2.75) is 12.8 Å². The number of nitrogens with zero attached hydrogens (tertiary/aromatic N) is 4. The van der Waals surface area contributed by atoms with Crippen LogP contribution in [-0.4, -0.2) is 61.3 Å². The predicted octanol–water partition coefficient (Wildman–Crippen LogP) is 2.64. The highest BCUT2D eigenvalue weighted by Gasteiger charge is 2.29. The van der Waals surface area contributed by atoms with Crippen molar-refractivity contribution in [1.82, 2.24) is 15.1 Å². The number of amides is 2. The second-order valence-corrected chi connectivity index (χ2v) is 6.63. The van der Waals surface area contributed by atoms with Crippen LogP contribution in [0.15, 0.2) is 36.4 Å². The van der Waals surface area contributed by atoms with Crippen molar-refractivity contribution in [3.63, 3.8) is 0 Å². The topological polar surface area (TPSA) is 84.9 Å². The third-order valence-corrected chi connectivity index (χ3v) is 4.98. The van der Waals surface area contributed by atoms with E-state index in [-0.39, 0.29) is 17.7 Å². The number of Topliss-reactive ketones (excluding diaryl/α,β-unsaturated/α-hetero) is 1. The molecule has 3 rings (SSSR count). The Balaban J connectivity index is 1.57. The summed E-state index contributed by atoms with van der Waals surface area (Å²) < 4.78 is 10.1. The van der Waals surface area contributed by atoms with Crippen molar-refractivity contribution in [3.8, 4) is 11.6 Å². The van der Waals surface area contributed by atoms with E-state index in [4.69, 9.17) is 9.47 Å². The number of benzene rings is 1. The standard InChI is InChI=1S/C20H24N4O4/c1-23(17-8-9-18(28-3)22-21-17)20(26)24-12-10-15(11-13-24)19(25)14-4-6-16(27-2)7-5-14/h4-9,15H,10-13H2,1-3H3. The summed E-state index contributed by atoms with van der Waals surface area (Å²) in [5.74, 6) is 1.60. The zero-order valence-electron chi connectivity index (χ0n) is 16.3. The molecule has 2 aromatic rings. The average Bonchev–Trinajstić information content (AvgIpc) is 2.78. The Morgan fingerprint density at radius 3 is 2.21 bits per heavy atom. The van der Waals surface area contributed by atoms with Crippen LogP contribution in [0.25, 0.3) is 0 Å². The Kier molecular flexibility index (Phi) is 6.08. The Labute approximate surface area is 164 Å². The van der Waals surface area contributed by atoms with Crippen LogP contribution in [0, 0.1) is 5.92 Å². The number of aromatic nitrogens is 2. The van der Waals surface area contributed by atoms with Gasteiger partial charge in [-0.25, -0.2) is 4.79 Å². The number of carbonyl (C=O) groups excluding carboxylic acids is 2. The Morgan fingerprint density at radius 2 is 1.68 bits per heavy atom. The zero-order valence-corrected chi connectivity index (χ0v) is 16.3. The average molecular weight is 384 g/mol. The highest BCUT2D eigenvalue weighted by molar-refractivity contribution is 5.98. The van der Waals surface area contributed by atoms with Crippen molar-refractivity contribution < 1.29 is 19.1 Å². The van der Waals surface area contributed by atoms with Crippen LogP contribution in [0.3, 0.4) is 0 Å². The van der Waals surface area contributed by atoms with Crippen LogP contribution in [0.4, 0.5) is 10.6 Å². The summed E-state index contributed by atoms with van der Waals surface area (Å²) >= 11 is 0. The number of likely N-dealkylation sites (tertiary alicyclic amines) is 1. The maximum atomic E-state index is 12.7. The molecule has 8 nitrogen and oxygen atoms in total. The van der Waals surface area contributed by atoms with Crippen LogP contribution in [0.2, 0.25) is 0 Å². The number of carbonyl (C=O) groups is 2. The van der Waals surface area contributed by atoms with Gasteiger partial charge in [0.1, 0.15) is 5.75 Å². The van der Waals surface area contributed by atoms with Gasteiger partial charge in [-0.05, 0) is 43.2 Å². The predicted molar refractivity (Wildman–Crippen MR) is 104 cm³/mol. The highest BCUT2D eigenvalue weighted by atomic mass is 16.5. The van der Waals surface area contributed by atoms with Gasteiger partial charge in [0.05, 0.1) is 14.2 Å². The van der Waals surface area contributed by atoms with Crippen molar-refractivity contribution in [3.05, 3.63) is 42.0 Å². The smallest absolute Gasteiger partial charge is 0.325 e. The fourth-order valence-electron chi connectivity index (χ4n) is 3.23. The number of piperidine rings is 1. The molecule has 2 amide bonds. The second kappa shape index (κ2) is 8.69. The van der Waals surface area contributed by atoms with Crippen LogP contribution in [-0.2, 0) is 0 Å². The molecule has 148 valence electrons. The quantitative estimate of drug-likeness (QED) is 0.737. The number of ketones is 1. The lowest BCUT2D eigenvalue weighted by molar-refractivity contribution is 0.0857. The van der Waals surface area contributed by atoms with Crippen molar-refractivity contribution >= 4 is 17.6 Å². The number of hydrogen-bond donors (Lipinski definition) is 0. The molecular weight excluding hydrogens is 360 g/mol. The van der Waals surface area contributed by atoms with Gasteiger partial charge in [-0.3, -0.25) is 9.69 Å². The fraction of sp³-hybridized carbons (Fsp3) is 0.400. The van der Waals surface area contributed by atoms with Crippen LogP contribution >= 0.6 is 0 Å². The van der Waals surface area contributed by atoms with E-state index in [2.05, 4.69) is 10.2 Å². The minimum absolute atomic E-state index is 0.0801. The molecular formula is C20H24N4O4. The summed E-state index contributed by atoms with van der Waals surface area (Å²) in [5, 5.41) is 7.89. The first kappa shape index (κ1) is 19.6. The molecule has 0 bridgehead atoms. The van der Waals surface area contributed by atoms with E-state index in [0.717, 1.165) is 5.75 Å². The van der Waals surface area contributed by atoms with Gasteiger partial charge in [0.15, 0.2) is 11.6 Å². The molecule has 1 aromatic heterocycles. The van der Waals surface area contributed by atoms with E-state index < -0.39 is 0 Å². The first-order valence-electron chi connectivity index (χ1n) is 9.12. The van der Waals surface area contributed by atoms with Gasteiger partial charge < -0.3 is 14.4 Å². The lowest BCUT2D eigenvalue weighted by Gasteiger charge is -2.33. The minimum atomic E-state index is -0.158. The minimum Gasteiger partial charge on any atom is -0.497 e. The first-order chi connectivity index (χ1) is 13.5. The van der Waals surface area contributed by atoms with Gasteiger partial charge in [0.25, 0.3) is 0 Å². The summed E-state index contributed by atoms with van der Waals surface area (Å²) in [7, 11) is 4.77. The molecule has 8 heteroatoms. The fourth-order valence-corrected chi connectivity index (χ4v) is 3.23. The van der Waals surface area contributed by atoms with E-state index in [1.54, 1.807) is 55.5 Å². The monoisotopic (exact) mass is 384 g/mol. The Bertz CT molecular complexity index is 815. The maximum absolute atomic E-state index is 12.7. The number of anilines is 1. The zero-order chi connectivity index (χ0) is 20.1. The van der Waals surface area contributed by atoms with Gasteiger partial charge in [-0.1, -0.05) is 0 Å². The molecule has 0 N–H and O–H groups in total. The molecule has 28 heavy (non-hydrogen) atoms. The van der Waals surface area contributed by atoms with Crippen LogP contribution < -0.4 is 14.4 Å². The first-order valence-corrected chi connectivity index (χ1v) is 9.12. The third kappa shape index (κ3) is 4.21. The Hall–Kier alpha value is -3.16. The van der Waals surface area contributed by atoms with Gasteiger partial charge >= 0.3 is 6.03 Å². The highest BCUT2D eigenvalue weighted by Crippen LogP contribution is 2.24. The number of rotatable bonds is 5. The summed E-state index contributed by atoms with van der Waals surface area (Å²) in [6.45, 7) is 1.05. The number of methoxy groups -OCH3 is 2. The van der Waals surface area contributed by atoms with Gasteiger partial charge in [-0.2, -0.15) is 0 Å². The Morgan fingerprint density at radius 1 is 1.00 bits per heavy atom. The number of urea groups is 1. The van der Waals surface area contributed by atoms with E-state index in [0.29, 0.717) is 43.2 Å². The van der Waals surface area contributed by atoms with E-state index in [9.17, 15) is 9.59 Å². The molecule has 1 aromatic carbocycles. The number of hydrogen-bond acceptors (Lipinski definition) is 6. The van der Waals surface area contributed by atoms with E-state index in [1.807, 2.05) is 0 Å². The molecule has 1 aliphatic heterocycles. The summed E-state index contributed by atoms with van der Waals surface area (Å²) in [4.78, 5) is 28.6. The molecule has 1 aliphatic rings. The van der Waals surface area contributed by atoms with Gasteiger partial charge in [0, 0.05) is 37.7 Å². The second-order valence-electron chi connectivity index (χ2n) is 6.63. The molecule has 0 unspecified atom stereocenters. The molecule has 0 atom stereocenters. The molecule has 1 saturated heterocycles. The van der Waals surface area contributed by atoms with Crippen molar-refractivity contribution in [2.24, 2.45) is 5.92 Å². The lowest BCUT2D eigenvalue weighted by Crippen LogP contribution is -2.46. The van der Waals surface area contributed by atoms with Crippen LogP contribution in [0.1, 0.15) is 23.2 Å². The normalized spacial score (nSPS) is 14.5. The SMILES string of the molecule is COc1ccc(C(=O)C2CCN(C(=O)N(C)c3ccc(OC)nn3)CC2)cc1. The molecule has 0 saturated carbocycles. The van der Waals surface area contributed by atoms with E-state index in [1.165, 1.54) is 12.0 Å².